The van der Waals surface area contributed by atoms with Crippen molar-refractivity contribution < 1.29 is 9.59 Å². The number of nitrogens with one attached hydrogen (secondary N) is 2. The van der Waals surface area contributed by atoms with E-state index in [4.69, 9.17) is 23.2 Å². The van der Waals surface area contributed by atoms with E-state index in [-0.39, 0.29) is 11.9 Å². The summed E-state index contributed by atoms with van der Waals surface area (Å²) in [6.07, 6.45) is 1.68. The smallest absolute Gasteiger partial charge is 0.317 e. The van der Waals surface area contributed by atoms with Gasteiger partial charge >= 0.3 is 6.03 Å². The van der Waals surface area contributed by atoms with Crippen LogP contribution in [0.5, 0.6) is 0 Å². The van der Waals surface area contributed by atoms with Crippen LogP contribution in [0.1, 0.15) is 18.4 Å². The van der Waals surface area contributed by atoms with Gasteiger partial charge in [-0.3, -0.25) is 4.79 Å². The fraction of sp³-hybridized carbons (Fsp3) is 0.467. The van der Waals surface area contributed by atoms with Gasteiger partial charge in [0, 0.05) is 43.7 Å². The highest BCUT2D eigenvalue weighted by molar-refractivity contribution is 6.35. The molecule has 3 amide bonds. The minimum atomic E-state index is -0.165. The summed E-state index contributed by atoms with van der Waals surface area (Å²) in [5, 5.41) is 6.56. The maximum atomic E-state index is 11.9. The van der Waals surface area contributed by atoms with Gasteiger partial charge in [0.25, 0.3) is 0 Å². The van der Waals surface area contributed by atoms with Gasteiger partial charge in [-0.05, 0) is 30.5 Å². The number of hydrogen-bond acceptors (Lipinski definition) is 2. The van der Waals surface area contributed by atoms with Gasteiger partial charge in [0.05, 0.1) is 0 Å². The molecule has 0 aromatic heterocycles. The summed E-state index contributed by atoms with van der Waals surface area (Å²) in [6.45, 7) is 1.01. The molecule has 0 atom stereocenters. The predicted molar refractivity (Wildman–Crippen MR) is 89.5 cm³/mol. The van der Waals surface area contributed by atoms with Crippen LogP contribution < -0.4 is 10.6 Å². The fourth-order valence-electron chi connectivity index (χ4n) is 1.87. The van der Waals surface area contributed by atoms with Gasteiger partial charge in [0.1, 0.15) is 0 Å². The molecule has 122 valence electrons. The number of carbonyl (C=O) groups is 2. The lowest BCUT2D eigenvalue weighted by atomic mass is 10.1. The van der Waals surface area contributed by atoms with E-state index in [2.05, 4.69) is 10.6 Å². The van der Waals surface area contributed by atoms with Crippen LogP contribution >= 0.6 is 23.2 Å². The van der Waals surface area contributed by atoms with Crippen LogP contribution in [0, 0.1) is 0 Å². The second-order valence-corrected chi connectivity index (χ2v) is 5.76. The zero-order valence-corrected chi connectivity index (χ0v) is 14.3. The first-order valence-corrected chi connectivity index (χ1v) is 7.83. The normalized spacial score (nSPS) is 10.2. The summed E-state index contributed by atoms with van der Waals surface area (Å²) in [6, 6.07) is 5.15. The Bertz CT molecular complexity index is 524. The Labute approximate surface area is 141 Å². The van der Waals surface area contributed by atoms with E-state index in [1.165, 1.54) is 0 Å². The molecule has 0 aliphatic rings. The van der Waals surface area contributed by atoms with E-state index in [1.54, 1.807) is 31.1 Å². The van der Waals surface area contributed by atoms with Crippen molar-refractivity contribution in [2.75, 3.05) is 27.2 Å². The molecule has 5 nitrogen and oxygen atoms in total. The average Bonchev–Trinajstić information content (AvgIpc) is 2.48. The molecular weight excluding hydrogens is 325 g/mol. The number of hydrogen-bond donors (Lipinski definition) is 2. The van der Waals surface area contributed by atoms with E-state index in [1.807, 2.05) is 6.07 Å². The van der Waals surface area contributed by atoms with Crippen molar-refractivity contribution in [2.45, 2.75) is 19.3 Å². The Morgan fingerprint density at radius 1 is 1.27 bits per heavy atom. The molecule has 0 spiro atoms. The number of nitrogens with zero attached hydrogens (tertiary/aromatic N) is 1. The maximum absolute atomic E-state index is 11.9. The Hall–Kier alpha value is -1.46. The zero-order valence-electron chi connectivity index (χ0n) is 12.8. The van der Waals surface area contributed by atoms with Crippen LogP contribution in [-0.2, 0) is 11.2 Å². The minimum absolute atomic E-state index is 0.0220. The third kappa shape index (κ3) is 6.54. The standard InChI is InChI=1S/C15H21Cl2N3O2/c1-18-14(21)4-3-9-20(2)15(22)19-8-7-11-5-6-12(16)10-13(11)17/h5-6,10H,3-4,7-9H2,1-2H3,(H,18,21)(H,19,22). The van der Waals surface area contributed by atoms with Gasteiger partial charge in [-0.15, -0.1) is 0 Å². The summed E-state index contributed by atoms with van der Waals surface area (Å²) in [7, 11) is 3.30. The minimum Gasteiger partial charge on any atom is -0.359 e. The van der Waals surface area contributed by atoms with E-state index in [9.17, 15) is 9.59 Å². The highest BCUT2D eigenvalue weighted by Gasteiger charge is 2.09. The van der Waals surface area contributed by atoms with Crippen LogP contribution in [0.2, 0.25) is 10.0 Å². The molecular formula is C15H21Cl2N3O2. The van der Waals surface area contributed by atoms with Crippen LogP contribution in [0.25, 0.3) is 0 Å². The number of benzene rings is 1. The molecule has 1 aromatic rings. The molecule has 0 bridgehead atoms. The molecule has 22 heavy (non-hydrogen) atoms. The summed E-state index contributed by atoms with van der Waals surface area (Å²) in [4.78, 5) is 24.5. The van der Waals surface area contributed by atoms with Crippen molar-refractivity contribution in [3.05, 3.63) is 33.8 Å². The van der Waals surface area contributed by atoms with Gasteiger partial charge in [0.2, 0.25) is 5.91 Å². The van der Waals surface area contributed by atoms with E-state index in [0.29, 0.717) is 42.4 Å². The van der Waals surface area contributed by atoms with Crippen molar-refractivity contribution in [3.8, 4) is 0 Å². The molecule has 7 heteroatoms. The average molecular weight is 346 g/mol. The highest BCUT2D eigenvalue weighted by Crippen LogP contribution is 2.21. The number of amides is 3. The Kier molecular flexibility index (Phi) is 8.06. The molecule has 0 heterocycles. The number of halogens is 2. The summed E-state index contributed by atoms with van der Waals surface area (Å²) >= 11 is 11.9. The fourth-order valence-corrected chi connectivity index (χ4v) is 2.37. The number of rotatable bonds is 7. The monoisotopic (exact) mass is 345 g/mol. The number of urea groups is 1. The highest BCUT2D eigenvalue weighted by atomic mass is 35.5. The van der Waals surface area contributed by atoms with Crippen LogP contribution in [0.3, 0.4) is 0 Å². The Morgan fingerprint density at radius 2 is 2.00 bits per heavy atom. The lowest BCUT2D eigenvalue weighted by Crippen LogP contribution is -2.39. The summed E-state index contributed by atoms with van der Waals surface area (Å²) in [5.41, 5.74) is 0.939. The van der Waals surface area contributed by atoms with Gasteiger partial charge in [-0.2, -0.15) is 0 Å². The third-order valence-electron chi connectivity index (χ3n) is 3.21. The Balaban J connectivity index is 2.28. The molecule has 2 N–H and O–H groups in total. The molecule has 0 aliphatic carbocycles. The molecule has 0 saturated carbocycles. The molecule has 0 radical (unpaired) electrons. The molecule has 0 unspecified atom stereocenters. The molecule has 1 rings (SSSR count). The molecule has 0 aliphatic heterocycles. The quantitative estimate of drug-likeness (QED) is 0.797. The van der Waals surface area contributed by atoms with Crippen molar-refractivity contribution in [3.63, 3.8) is 0 Å². The molecule has 0 saturated heterocycles. The first-order chi connectivity index (χ1) is 10.4. The van der Waals surface area contributed by atoms with Gasteiger partial charge < -0.3 is 15.5 Å². The second-order valence-electron chi connectivity index (χ2n) is 4.92. The van der Waals surface area contributed by atoms with E-state index < -0.39 is 0 Å². The van der Waals surface area contributed by atoms with E-state index >= 15 is 0 Å². The summed E-state index contributed by atoms with van der Waals surface area (Å²) in [5.74, 6) is -0.0220. The van der Waals surface area contributed by atoms with Gasteiger partial charge in [-0.1, -0.05) is 29.3 Å². The summed E-state index contributed by atoms with van der Waals surface area (Å²) < 4.78 is 0. The zero-order chi connectivity index (χ0) is 16.5. The van der Waals surface area contributed by atoms with Gasteiger partial charge in [-0.25, -0.2) is 4.79 Å². The molecule has 1 aromatic carbocycles. The Morgan fingerprint density at radius 3 is 2.64 bits per heavy atom. The number of carbonyl (C=O) groups excluding carboxylic acids is 2. The van der Waals surface area contributed by atoms with Crippen LogP contribution in [0.15, 0.2) is 18.2 Å². The maximum Gasteiger partial charge on any atom is 0.317 e. The third-order valence-corrected chi connectivity index (χ3v) is 3.80. The predicted octanol–water partition coefficient (Wildman–Crippen LogP) is 2.70. The van der Waals surface area contributed by atoms with Crippen molar-refractivity contribution in [1.29, 1.82) is 0 Å². The first-order valence-electron chi connectivity index (χ1n) is 7.07. The van der Waals surface area contributed by atoms with Crippen molar-refractivity contribution in [2.24, 2.45) is 0 Å². The lowest BCUT2D eigenvalue weighted by Gasteiger charge is -2.17. The van der Waals surface area contributed by atoms with Crippen molar-refractivity contribution >= 4 is 35.1 Å². The lowest BCUT2D eigenvalue weighted by molar-refractivity contribution is -0.120. The van der Waals surface area contributed by atoms with Crippen LogP contribution in [-0.4, -0.2) is 44.0 Å². The first kappa shape index (κ1) is 18.6. The van der Waals surface area contributed by atoms with Crippen LogP contribution in [0.4, 0.5) is 4.79 Å². The topological polar surface area (TPSA) is 61.4 Å². The van der Waals surface area contributed by atoms with Gasteiger partial charge in [0.15, 0.2) is 0 Å². The van der Waals surface area contributed by atoms with Crippen molar-refractivity contribution in [1.82, 2.24) is 15.5 Å². The van der Waals surface area contributed by atoms with E-state index in [0.717, 1.165) is 5.56 Å². The largest absolute Gasteiger partial charge is 0.359 e. The SMILES string of the molecule is CNC(=O)CCCN(C)C(=O)NCCc1ccc(Cl)cc1Cl. The second kappa shape index (κ2) is 9.54. The molecule has 0 fully saturated rings.